The van der Waals surface area contributed by atoms with Crippen LogP contribution in [0.4, 0.5) is 21.9 Å². The quantitative estimate of drug-likeness (QED) is 0.0701. The zero-order valence-corrected chi connectivity index (χ0v) is 30.6. The smallest absolute Gasteiger partial charge is 0.323 e. The lowest BCUT2D eigenvalue weighted by atomic mass is 9.92. The first-order valence-corrected chi connectivity index (χ1v) is 18.2. The predicted octanol–water partition coefficient (Wildman–Crippen LogP) is 8.13. The van der Waals surface area contributed by atoms with Crippen LogP contribution < -0.4 is 15.5 Å². The topological polar surface area (TPSA) is 123 Å². The van der Waals surface area contributed by atoms with Crippen molar-refractivity contribution in [3.05, 3.63) is 53.6 Å². The normalized spacial score (nSPS) is 11.9. The summed E-state index contributed by atoms with van der Waals surface area (Å²) >= 11 is 0. The summed E-state index contributed by atoms with van der Waals surface area (Å²) in [5, 5.41) is 5.97. The Labute approximate surface area is 282 Å². The molecule has 2 amide bonds. The first kappa shape index (κ1) is 41.0. The minimum Gasteiger partial charge on any atom is -0.428 e. The number of ether oxygens (including phenoxy) is 2. The van der Waals surface area contributed by atoms with Gasteiger partial charge < -0.3 is 29.5 Å². The molecule has 0 saturated carbocycles. The summed E-state index contributed by atoms with van der Waals surface area (Å²) in [6, 6.07) is 13.2. The molecule has 0 aliphatic carbocycles. The van der Waals surface area contributed by atoms with E-state index in [9.17, 15) is 18.9 Å². The first-order chi connectivity index (χ1) is 21.2. The predicted molar refractivity (Wildman–Crippen MR) is 192 cm³/mol. The fourth-order valence-corrected chi connectivity index (χ4v) is 5.32. The van der Waals surface area contributed by atoms with Gasteiger partial charge in [-0.1, -0.05) is 58.4 Å². The number of carbonyl (C=O) groups is 3. The van der Waals surface area contributed by atoms with Crippen molar-refractivity contribution >= 4 is 55.9 Å². The summed E-state index contributed by atoms with van der Waals surface area (Å²) in [5.41, 5.74) is 4.25. The van der Waals surface area contributed by atoms with Gasteiger partial charge in [0.2, 0.25) is 6.79 Å². The fraction of sp³-hybridized carbons (Fsp3) is 0.559. The van der Waals surface area contributed by atoms with Gasteiger partial charge in [-0.2, -0.15) is 13.5 Å². The highest BCUT2D eigenvalue weighted by Gasteiger charge is 2.21. The lowest BCUT2D eigenvalue weighted by Crippen LogP contribution is -2.32. The molecule has 0 aromatic heterocycles. The van der Waals surface area contributed by atoms with Crippen molar-refractivity contribution < 1.29 is 32.9 Å². The minimum absolute atomic E-state index is 0. The van der Waals surface area contributed by atoms with Crippen LogP contribution in [-0.2, 0) is 28.2 Å². The van der Waals surface area contributed by atoms with E-state index in [1.807, 2.05) is 56.3 Å². The molecule has 46 heavy (non-hydrogen) atoms. The summed E-state index contributed by atoms with van der Waals surface area (Å²) < 4.78 is 27.0. The van der Waals surface area contributed by atoms with Gasteiger partial charge in [-0.05, 0) is 67.3 Å². The van der Waals surface area contributed by atoms with Gasteiger partial charge in [-0.15, -0.1) is 0 Å². The molecule has 0 saturated heterocycles. The molecule has 0 spiro atoms. The fourth-order valence-electron chi connectivity index (χ4n) is 4.75. The van der Waals surface area contributed by atoms with Crippen molar-refractivity contribution in [2.24, 2.45) is 11.8 Å². The number of esters is 2. The maximum absolute atomic E-state index is 13.1. The van der Waals surface area contributed by atoms with Gasteiger partial charge in [0.1, 0.15) is 0 Å². The molecule has 10 nitrogen and oxygen atoms in total. The van der Waals surface area contributed by atoms with Crippen LogP contribution in [0.1, 0.15) is 77.3 Å². The number of urea groups is 1. The average Bonchev–Trinajstić information content (AvgIpc) is 2.94. The second kappa shape index (κ2) is 20.3. The van der Waals surface area contributed by atoms with Crippen LogP contribution in [0.2, 0.25) is 0 Å². The molecule has 2 N–H and O–H groups in total. The number of anilines is 3. The Hall–Kier alpha value is -3.01. The van der Waals surface area contributed by atoms with Gasteiger partial charge in [-0.25, -0.2) is 4.79 Å². The highest BCUT2D eigenvalue weighted by atomic mass is 32.1. The average molecular weight is 680 g/mol. The zero-order valence-electron chi connectivity index (χ0n) is 28.7. The Bertz CT molecular complexity index is 1290. The Morgan fingerprint density at radius 2 is 1.50 bits per heavy atom. The number of rotatable bonds is 18. The van der Waals surface area contributed by atoms with Crippen molar-refractivity contribution in [3.8, 4) is 0 Å². The number of hydrogen-bond donors (Lipinski definition) is 2. The largest absolute Gasteiger partial charge is 0.428 e. The van der Waals surface area contributed by atoms with Crippen LogP contribution in [0.15, 0.2) is 42.5 Å². The second-order valence-electron chi connectivity index (χ2n) is 12.6. The molecule has 0 heterocycles. The van der Waals surface area contributed by atoms with E-state index < -0.39 is 26.1 Å². The van der Waals surface area contributed by atoms with E-state index in [-0.39, 0.29) is 44.9 Å². The van der Waals surface area contributed by atoms with Crippen molar-refractivity contribution in [1.29, 1.82) is 0 Å². The van der Waals surface area contributed by atoms with E-state index >= 15 is 0 Å². The number of amides is 2. The molecule has 2 aromatic rings. The van der Waals surface area contributed by atoms with E-state index in [0.717, 1.165) is 29.9 Å². The van der Waals surface area contributed by atoms with Crippen LogP contribution >= 0.6 is 20.9 Å². The third-order valence-corrected chi connectivity index (χ3v) is 7.64. The Morgan fingerprint density at radius 3 is 2.07 bits per heavy atom. The molecule has 1 atom stereocenters. The first-order valence-electron chi connectivity index (χ1n) is 15.7. The van der Waals surface area contributed by atoms with E-state index in [4.69, 9.17) is 14.0 Å². The maximum Gasteiger partial charge on any atom is 0.323 e. The molecule has 0 aliphatic rings. The highest BCUT2D eigenvalue weighted by Crippen LogP contribution is 2.37. The van der Waals surface area contributed by atoms with Crippen LogP contribution in [-0.4, -0.2) is 57.8 Å². The van der Waals surface area contributed by atoms with Gasteiger partial charge in [0.05, 0.1) is 24.4 Å². The van der Waals surface area contributed by atoms with E-state index in [1.54, 1.807) is 0 Å². The molecule has 0 aliphatic heterocycles. The summed E-state index contributed by atoms with van der Waals surface area (Å²) in [6.07, 6.45) is 1.17. The van der Waals surface area contributed by atoms with Gasteiger partial charge in [0.15, 0.2) is 7.37 Å². The summed E-state index contributed by atoms with van der Waals surface area (Å²) in [5.74, 6) is -0.382. The van der Waals surface area contributed by atoms with Crippen LogP contribution in [0.3, 0.4) is 0 Å². The third-order valence-electron chi connectivity index (χ3n) is 6.83. The molecule has 0 fully saturated rings. The monoisotopic (exact) mass is 679 g/mol. The van der Waals surface area contributed by atoms with Gasteiger partial charge >= 0.3 is 18.0 Å². The lowest BCUT2D eigenvalue weighted by Gasteiger charge is -2.31. The lowest BCUT2D eigenvalue weighted by molar-refractivity contribution is -0.167. The molecule has 0 bridgehead atoms. The van der Waals surface area contributed by atoms with E-state index in [0.29, 0.717) is 36.1 Å². The molecular weight excluding hydrogens is 625 g/mol. The van der Waals surface area contributed by atoms with Crippen LogP contribution in [0.25, 0.3) is 0 Å². The minimum atomic E-state index is -2.60. The number of nitrogens with zero attached hydrogens (tertiary/aromatic N) is 1. The Kier molecular flexibility index (Phi) is 18.1. The number of benzene rings is 2. The Morgan fingerprint density at radius 1 is 0.891 bits per heavy atom. The number of aryl methyl sites for hydroxylation is 1. The molecular formula is C34H54N3O7PS. The maximum atomic E-state index is 13.1. The van der Waals surface area contributed by atoms with Gasteiger partial charge in [0.25, 0.3) is 0 Å². The van der Waals surface area contributed by atoms with Gasteiger partial charge in [0, 0.05) is 38.5 Å². The Balaban J connectivity index is 0.0000106. The standard InChI is InChI=1S/C34H52N3O7P.H2S/c1-9-27(20-33(39)43-23-42-32(38)11-10-18-44-45(7,8)41)28-14-17-31(37(21-24(2)3)22-25(4)5)30(19-28)36-34(40)35-29-15-12-26(6)13-16-29;/h12-17,19,24-25,27H,9-11,18,20-23H2,1-8H3,(H2,35,36,40);1H2/t27-;/m0./s1. The van der Waals surface area contributed by atoms with Crippen LogP contribution in [0, 0.1) is 18.8 Å². The zero-order chi connectivity index (χ0) is 33.6. The van der Waals surface area contributed by atoms with Crippen LogP contribution in [0.5, 0.6) is 0 Å². The molecule has 2 rings (SSSR count). The summed E-state index contributed by atoms with van der Waals surface area (Å²) in [7, 11) is -2.60. The van der Waals surface area contributed by atoms with Crippen molar-refractivity contribution in [2.75, 3.05) is 55.4 Å². The highest BCUT2D eigenvalue weighted by molar-refractivity contribution is 7.59. The van der Waals surface area contributed by atoms with E-state index in [1.165, 1.54) is 13.3 Å². The van der Waals surface area contributed by atoms with Crippen molar-refractivity contribution in [2.45, 2.75) is 73.1 Å². The van der Waals surface area contributed by atoms with Crippen molar-refractivity contribution in [1.82, 2.24) is 0 Å². The number of nitrogens with one attached hydrogen (secondary N) is 2. The SMILES string of the molecule is CC[C@@H](CC(=O)OCOC(=O)CCCOP(C)(C)=O)c1ccc(N(CC(C)C)CC(C)C)c(NC(=O)Nc2ccc(C)cc2)c1.S. The van der Waals surface area contributed by atoms with Crippen molar-refractivity contribution in [3.63, 3.8) is 0 Å². The van der Waals surface area contributed by atoms with Gasteiger partial charge in [-0.3, -0.25) is 14.2 Å². The summed E-state index contributed by atoms with van der Waals surface area (Å²) in [6.45, 7) is 17.0. The second-order valence-corrected chi connectivity index (χ2v) is 15.3. The molecule has 12 heteroatoms. The van der Waals surface area contributed by atoms with E-state index in [2.05, 4.69) is 43.2 Å². The third kappa shape index (κ3) is 16.0. The molecule has 0 unspecified atom stereocenters. The molecule has 258 valence electrons. The molecule has 0 radical (unpaired) electrons. The number of hydrogen-bond acceptors (Lipinski definition) is 8. The summed E-state index contributed by atoms with van der Waals surface area (Å²) in [4.78, 5) is 40.1. The number of carbonyl (C=O) groups excluding carboxylic acids is 3. The molecule has 2 aromatic carbocycles.